The maximum absolute atomic E-state index is 12.7. The minimum absolute atomic E-state index is 0.102. The number of benzene rings is 2. The van der Waals surface area contributed by atoms with Gasteiger partial charge in [-0.1, -0.05) is 36.4 Å². The summed E-state index contributed by atoms with van der Waals surface area (Å²) in [4.78, 5) is 12.8. The molecule has 1 N–H and O–H groups in total. The lowest BCUT2D eigenvalue weighted by molar-refractivity contribution is -0.137. The average molecular weight is 373 g/mol. The summed E-state index contributed by atoms with van der Waals surface area (Å²) in [5.41, 5.74) is 1.43. The highest BCUT2D eigenvalue weighted by Gasteiger charge is 2.30. The predicted octanol–water partition coefficient (Wildman–Crippen LogP) is 6.09. The minimum Gasteiger partial charge on any atom is -0.322 e. The SMILES string of the molecule is O=C(C=Cc1cc(-c2ccccc2)cs1)Nc1cccc(C(F)(F)F)c1. The Labute approximate surface area is 152 Å². The lowest BCUT2D eigenvalue weighted by Crippen LogP contribution is -2.10. The second-order valence-corrected chi connectivity index (χ2v) is 6.45. The predicted molar refractivity (Wildman–Crippen MR) is 98.9 cm³/mol. The molecule has 0 bridgehead atoms. The number of halogens is 3. The average Bonchev–Trinajstić information content (AvgIpc) is 3.09. The van der Waals surface area contributed by atoms with E-state index in [0.29, 0.717) is 0 Å². The van der Waals surface area contributed by atoms with Gasteiger partial charge < -0.3 is 5.32 Å². The molecule has 0 fully saturated rings. The molecule has 3 rings (SSSR count). The highest BCUT2D eigenvalue weighted by Crippen LogP contribution is 2.30. The van der Waals surface area contributed by atoms with Gasteiger partial charge in [-0.15, -0.1) is 11.3 Å². The quantitative estimate of drug-likeness (QED) is 0.551. The van der Waals surface area contributed by atoms with Crippen molar-refractivity contribution in [1.29, 1.82) is 0 Å². The zero-order valence-corrected chi connectivity index (χ0v) is 14.3. The molecule has 1 aromatic heterocycles. The maximum atomic E-state index is 12.7. The Hall–Kier alpha value is -2.86. The molecule has 0 unspecified atom stereocenters. The van der Waals surface area contributed by atoms with Crippen molar-refractivity contribution in [2.45, 2.75) is 6.18 Å². The lowest BCUT2D eigenvalue weighted by Gasteiger charge is -2.08. The van der Waals surface area contributed by atoms with Gasteiger partial charge in [-0.2, -0.15) is 13.2 Å². The van der Waals surface area contributed by atoms with Crippen LogP contribution in [0.25, 0.3) is 17.2 Å². The van der Waals surface area contributed by atoms with E-state index in [0.717, 1.165) is 28.1 Å². The molecule has 0 aliphatic heterocycles. The molecule has 1 amide bonds. The van der Waals surface area contributed by atoms with Crippen LogP contribution in [0.5, 0.6) is 0 Å². The fraction of sp³-hybridized carbons (Fsp3) is 0.0500. The van der Waals surface area contributed by atoms with Gasteiger partial charge in [0, 0.05) is 16.6 Å². The topological polar surface area (TPSA) is 29.1 Å². The summed E-state index contributed by atoms with van der Waals surface area (Å²) in [5, 5.41) is 4.43. The molecule has 6 heteroatoms. The number of alkyl halides is 3. The molecule has 132 valence electrons. The van der Waals surface area contributed by atoms with Crippen LogP contribution < -0.4 is 5.32 Å². The van der Waals surface area contributed by atoms with Gasteiger partial charge in [0.1, 0.15) is 0 Å². The Morgan fingerprint density at radius 2 is 1.73 bits per heavy atom. The zero-order chi connectivity index (χ0) is 18.6. The van der Waals surface area contributed by atoms with Crippen molar-refractivity contribution in [3.8, 4) is 11.1 Å². The van der Waals surface area contributed by atoms with E-state index in [4.69, 9.17) is 0 Å². The summed E-state index contributed by atoms with van der Waals surface area (Å²) in [6, 6.07) is 16.3. The third-order valence-electron chi connectivity index (χ3n) is 3.58. The number of nitrogens with one attached hydrogen (secondary N) is 1. The van der Waals surface area contributed by atoms with Crippen LogP contribution in [-0.4, -0.2) is 5.91 Å². The van der Waals surface area contributed by atoms with E-state index in [1.165, 1.54) is 29.5 Å². The van der Waals surface area contributed by atoms with Crippen LogP contribution in [0, 0.1) is 0 Å². The molecule has 0 atom stereocenters. The number of rotatable bonds is 4. The summed E-state index contributed by atoms with van der Waals surface area (Å²) in [6.45, 7) is 0. The van der Waals surface area contributed by atoms with Gasteiger partial charge in [0.2, 0.25) is 5.91 Å². The molecule has 0 aliphatic rings. The van der Waals surface area contributed by atoms with Crippen molar-refractivity contribution in [3.63, 3.8) is 0 Å². The van der Waals surface area contributed by atoms with Crippen molar-refractivity contribution in [2.75, 3.05) is 5.32 Å². The van der Waals surface area contributed by atoms with E-state index >= 15 is 0 Å². The van der Waals surface area contributed by atoms with Crippen LogP contribution in [0.15, 0.2) is 72.1 Å². The second kappa shape index (κ2) is 7.58. The molecule has 1 heterocycles. The molecule has 0 radical (unpaired) electrons. The second-order valence-electron chi connectivity index (χ2n) is 5.50. The third kappa shape index (κ3) is 4.61. The van der Waals surface area contributed by atoms with Crippen LogP contribution in [-0.2, 0) is 11.0 Å². The molecular formula is C20H14F3NOS. The van der Waals surface area contributed by atoms with Gasteiger partial charge in [0.05, 0.1) is 5.56 Å². The summed E-state index contributed by atoms with van der Waals surface area (Å²) >= 11 is 1.48. The molecular weight excluding hydrogens is 359 g/mol. The van der Waals surface area contributed by atoms with Gasteiger partial charge in [0.15, 0.2) is 0 Å². The number of anilines is 1. The van der Waals surface area contributed by atoms with Crippen molar-refractivity contribution < 1.29 is 18.0 Å². The molecule has 0 saturated carbocycles. The fourth-order valence-corrected chi connectivity index (χ4v) is 3.15. The van der Waals surface area contributed by atoms with E-state index < -0.39 is 17.6 Å². The maximum Gasteiger partial charge on any atom is 0.416 e. The Bertz CT molecular complexity index is 929. The first kappa shape index (κ1) is 17.9. The highest BCUT2D eigenvalue weighted by molar-refractivity contribution is 7.11. The Balaban J connectivity index is 1.66. The number of carbonyl (C=O) groups excluding carboxylic acids is 1. The molecule has 0 saturated heterocycles. The zero-order valence-electron chi connectivity index (χ0n) is 13.5. The Morgan fingerprint density at radius 3 is 2.46 bits per heavy atom. The first-order valence-electron chi connectivity index (χ1n) is 7.72. The van der Waals surface area contributed by atoms with Crippen molar-refractivity contribution in [3.05, 3.63) is 82.6 Å². The van der Waals surface area contributed by atoms with Gasteiger partial charge in [0.25, 0.3) is 0 Å². The van der Waals surface area contributed by atoms with E-state index in [9.17, 15) is 18.0 Å². The summed E-state index contributed by atoms with van der Waals surface area (Å²) in [7, 11) is 0. The Morgan fingerprint density at radius 1 is 0.962 bits per heavy atom. The van der Waals surface area contributed by atoms with Gasteiger partial charge in [-0.25, -0.2) is 0 Å². The van der Waals surface area contributed by atoms with Crippen LogP contribution in [0.1, 0.15) is 10.4 Å². The van der Waals surface area contributed by atoms with Crippen LogP contribution in [0.3, 0.4) is 0 Å². The van der Waals surface area contributed by atoms with Crippen LogP contribution in [0.2, 0.25) is 0 Å². The largest absolute Gasteiger partial charge is 0.416 e. The number of hydrogen-bond acceptors (Lipinski definition) is 2. The molecule has 0 spiro atoms. The Kier molecular flexibility index (Phi) is 5.23. The standard InChI is InChI=1S/C20H14F3NOS/c21-20(22,23)16-7-4-8-17(12-16)24-19(25)10-9-18-11-15(13-26-18)14-5-2-1-3-6-14/h1-13H,(H,24,25). The normalized spacial score (nSPS) is 11.7. The van der Waals surface area contributed by atoms with Gasteiger partial charge in [-0.05, 0) is 46.8 Å². The molecule has 3 aromatic rings. The summed E-state index contributed by atoms with van der Waals surface area (Å²) in [5.74, 6) is -0.487. The number of amides is 1. The van der Waals surface area contributed by atoms with Gasteiger partial charge in [-0.3, -0.25) is 4.79 Å². The van der Waals surface area contributed by atoms with Crippen LogP contribution in [0.4, 0.5) is 18.9 Å². The third-order valence-corrected chi connectivity index (χ3v) is 4.48. The highest BCUT2D eigenvalue weighted by atomic mass is 32.1. The lowest BCUT2D eigenvalue weighted by atomic mass is 10.1. The van der Waals surface area contributed by atoms with E-state index in [1.807, 2.05) is 41.8 Å². The van der Waals surface area contributed by atoms with E-state index in [-0.39, 0.29) is 5.69 Å². The number of thiophene rings is 1. The molecule has 26 heavy (non-hydrogen) atoms. The van der Waals surface area contributed by atoms with E-state index in [2.05, 4.69) is 5.32 Å². The van der Waals surface area contributed by atoms with Gasteiger partial charge >= 0.3 is 6.18 Å². The fourth-order valence-electron chi connectivity index (χ4n) is 2.34. The van der Waals surface area contributed by atoms with Crippen molar-refractivity contribution in [2.24, 2.45) is 0 Å². The monoisotopic (exact) mass is 373 g/mol. The first-order valence-corrected chi connectivity index (χ1v) is 8.60. The first-order chi connectivity index (χ1) is 12.4. The van der Waals surface area contributed by atoms with Crippen molar-refractivity contribution >= 4 is 29.0 Å². The molecule has 0 aliphatic carbocycles. The van der Waals surface area contributed by atoms with Crippen molar-refractivity contribution in [1.82, 2.24) is 0 Å². The number of hydrogen-bond donors (Lipinski definition) is 1. The minimum atomic E-state index is -4.44. The molecule has 2 nitrogen and oxygen atoms in total. The molecule has 2 aromatic carbocycles. The summed E-state index contributed by atoms with van der Waals surface area (Å²) in [6.07, 6.45) is -1.50. The van der Waals surface area contributed by atoms with E-state index in [1.54, 1.807) is 6.08 Å². The number of carbonyl (C=O) groups is 1. The van der Waals surface area contributed by atoms with Crippen LogP contribution >= 0.6 is 11.3 Å². The smallest absolute Gasteiger partial charge is 0.322 e. The summed E-state index contributed by atoms with van der Waals surface area (Å²) < 4.78 is 38.1.